The maximum Gasteiger partial charge on any atom is 0.256 e. The topological polar surface area (TPSA) is 70.3 Å². The summed E-state index contributed by atoms with van der Waals surface area (Å²) in [6.45, 7) is 1.50. The van der Waals surface area contributed by atoms with Crippen LogP contribution in [0.3, 0.4) is 0 Å². The minimum absolute atomic E-state index is 0.329. The van der Waals surface area contributed by atoms with Crippen molar-refractivity contribution in [1.29, 1.82) is 0 Å². The average molecular weight is 195 g/mol. The second kappa shape index (κ2) is 3.79. The molecule has 0 aromatic carbocycles. The Bertz CT molecular complexity index is 324. The second-order valence-corrected chi connectivity index (χ2v) is 3.29. The summed E-state index contributed by atoms with van der Waals surface area (Å²) in [6, 6.07) is 1.81. The van der Waals surface area contributed by atoms with Crippen LogP contribution in [0.5, 0.6) is 5.88 Å². The number of hydrogen-bond acceptors (Lipinski definition) is 5. The van der Waals surface area contributed by atoms with Crippen molar-refractivity contribution in [2.24, 2.45) is 0 Å². The van der Waals surface area contributed by atoms with Gasteiger partial charge in [0.05, 0.1) is 25.1 Å². The van der Waals surface area contributed by atoms with E-state index in [9.17, 15) is 0 Å². The molecule has 0 bridgehead atoms. The van der Waals surface area contributed by atoms with Gasteiger partial charge in [0.2, 0.25) is 0 Å². The van der Waals surface area contributed by atoms with Crippen LogP contribution in [0.2, 0.25) is 0 Å². The molecule has 1 unspecified atom stereocenters. The summed E-state index contributed by atoms with van der Waals surface area (Å²) >= 11 is 0. The predicted octanol–water partition coefficient (Wildman–Crippen LogP) is 0.571. The molecule has 1 aromatic heterocycles. The van der Waals surface area contributed by atoms with E-state index in [0.717, 1.165) is 18.7 Å². The van der Waals surface area contributed by atoms with Crippen LogP contribution in [0.25, 0.3) is 0 Å². The first-order chi connectivity index (χ1) is 6.81. The van der Waals surface area contributed by atoms with Crippen molar-refractivity contribution >= 4 is 5.69 Å². The van der Waals surface area contributed by atoms with Crippen molar-refractivity contribution in [2.45, 2.75) is 12.3 Å². The van der Waals surface area contributed by atoms with E-state index in [1.165, 1.54) is 7.11 Å². The lowest BCUT2D eigenvalue weighted by Crippen LogP contribution is -2.05. The van der Waals surface area contributed by atoms with Crippen LogP contribution < -0.4 is 10.5 Å². The van der Waals surface area contributed by atoms with E-state index >= 15 is 0 Å². The zero-order valence-corrected chi connectivity index (χ0v) is 8.06. The highest BCUT2D eigenvalue weighted by atomic mass is 16.5. The molecule has 5 heteroatoms. The van der Waals surface area contributed by atoms with E-state index in [1.807, 2.05) is 6.07 Å². The third-order valence-electron chi connectivity index (χ3n) is 2.35. The Hall–Kier alpha value is -1.36. The van der Waals surface area contributed by atoms with Crippen LogP contribution in [-0.4, -0.2) is 30.5 Å². The van der Waals surface area contributed by atoms with E-state index in [2.05, 4.69) is 10.2 Å². The summed E-state index contributed by atoms with van der Waals surface area (Å²) in [7, 11) is 1.53. The Morgan fingerprint density at radius 2 is 2.43 bits per heavy atom. The molecule has 2 rings (SSSR count). The van der Waals surface area contributed by atoms with Crippen molar-refractivity contribution in [3.63, 3.8) is 0 Å². The third-order valence-corrected chi connectivity index (χ3v) is 2.35. The van der Waals surface area contributed by atoms with Gasteiger partial charge in [-0.2, -0.15) is 5.10 Å². The van der Waals surface area contributed by atoms with E-state index in [1.54, 1.807) is 0 Å². The first-order valence-electron chi connectivity index (χ1n) is 4.56. The lowest BCUT2D eigenvalue weighted by molar-refractivity contribution is 0.193. The molecule has 1 aliphatic rings. The smallest absolute Gasteiger partial charge is 0.256 e. The largest absolute Gasteiger partial charge is 0.478 e. The molecule has 14 heavy (non-hydrogen) atoms. The third kappa shape index (κ3) is 1.63. The van der Waals surface area contributed by atoms with Gasteiger partial charge in [-0.1, -0.05) is 0 Å². The second-order valence-electron chi connectivity index (χ2n) is 3.29. The monoisotopic (exact) mass is 195 g/mol. The van der Waals surface area contributed by atoms with Crippen LogP contribution in [0, 0.1) is 0 Å². The minimum atomic E-state index is 0.329. The number of hydrogen-bond donors (Lipinski definition) is 1. The number of methoxy groups -OCH3 is 1. The van der Waals surface area contributed by atoms with E-state index in [4.69, 9.17) is 15.2 Å². The minimum Gasteiger partial charge on any atom is -0.478 e. The van der Waals surface area contributed by atoms with Crippen LogP contribution in [0.4, 0.5) is 5.69 Å². The number of nitrogens with two attached hydrogens (primary N) is 1. The summed E-state index contributed by atoms with van der Waals surface area (Å²) in [4.78, 5) is 0. The van der Waals surface area contributed by atoms with Gasteiger partial charge < -0.3 is 15.2 Å². The normalized spacial score (nSPS) is 21.1. The fourth-order valence-corrected chi connectivity index (χ4v) is 1.54. The highest BCUT2D eigenvalue weighted by Gasteiger charge is 2.20. The van der Waals surface area contributed by atoms with Gasteiger partial charge in [-0.3, -0.25) is 0 Å². The fourth-order valence-electron chi connectivity index (χ4n) is 1.54. The lowest BCUT2D eigenvalue weighted by Gasteiger charge is -2.08. The molecule has 1 fully saturated rings. The molecule has 2 heterocycles. The molecule has 0 spiro atoms. The Morgan fingerprint density at radius 3 is 3.00 bits per heavy atom. The lowest BCUT2D eigenvalue weighted by atomic mass is 10.0. The SMILES string of the molecule is COc1nnc(C2CCOC2)cc1N. The average Bonchev–Trinajstić information content (AvgIpc) is 2.70. The van der Waals surface area contributed by atoms with Gasteiger partial charge in [0.15, 0.2) is 0 Å². The van der Waals surface area contributed by atoms with Gasteiger partial charge in [-0.05, 0) is 12.5 Å². The van der Waals surface area contributed by atoms with E-state index in [0.29, 0.717) is 24.1 Å². The van der Waals surface area contributed by atoms with Crippen molar-refractivity contribution < 1.29 is 9.47 Å². The number of rotatable bonds is 2. The van der Waals surface area contributed by atoms with Gasteiger partial charge in [-0.15, -0.1) is 5.10 Å². The Labute approximate surface area is 82.2 Å². The molecule has 1 aliphatic heterocycles. The predicted molar refractivity (Wildman–Crippen MR) is 51.2 cm³/mol. The van der Waals surface area contributed by atoms with Gasteiger partial charge in [0.25, 0.3) is 5.88 Å². The summed E-state index contributed by atoms with van der Waals surface area (Å²) in [5.41, 5.74) is 7.15. The Kier molecular flexibility index (Phi) is 2.49. The number of nitrogen functional groups attached to an aromatic ring is 1. The molecule has 1 atom stereocenters. The van der Waals surface area contributed by atoms with Crippen molar-refractivity contribution in [3.8, 4) is 5.88 Å². The zero-order chi connectivity index (χ0) is 9.97. The number of anilines is 1. The molecule has 1 saturated heterocycles. The molecule has 2 N–H and O–H groups in total. The van der Waals surface area contributed by atoms with Crippen LogP contribution >= 0.6 is 0 Å². The number of nitrogens with zero attached hydrogens (tertiary/aromatic N) is 2. The molecular weight excluding hydrogens is 182 g/mol. The highest BCUT2D eigenvalue weighted by molar-refractivity contribution is 5.48. The fraction of sp³-hybridized carbons (Fsp3) is 0.556. The molecule has 5 nitrogen and oxygen atoms in total. The van der Waals surface area contributed by atoms with Crippen LogP contribution in [0.15, 0.2) is 6.07 Å². The first-order valence-corrected chi connectivity index (χ1v) is 4.56. The standard InChI is InChI=1S/C9H13N3O2/c1-13-9-7(10)4-8(11-12-9)6-2-3-14-5-6/h4,6H,2-3,5H2,1H3,(H2,10,11). The summed E-state index contributed by atoms with van der Waals surface area (Å²) < 4.78 is 10.2. The summed E-state index contributed by atoms with van der Waals surface area (Å²) in [5.74, 6) is 0.711. The highest BCUT2D eigenvalue weighted by Crippen LogP contribution is 2.26. The van der Waals surface area contributed by atoms with Crippen LogP contribution in [-0.2, 0) is 4.74 Å². The summed E-state index contributed by atoms with van der Waals surface area (Å²) in [6.07, 6.45) is 0.987. The zero-order valence-electron chi connectivity index (χ0n) is 8.06. The van der Waals surface area contributed by atoms with Gasteiger partial charge in [0.1, 0.15) is 0 Å². The van der Waals surface area contributed by atoms with Crippen molar-refractivity contribution in [3.05, 3.63) is 11.8 Å². The molecular formula is C9H13N3O2. The molecule has 1 aromatic rings. The van der Waals surface area contributed by atoms with E-state index in [-0.39, 0.29) is 0 Å². The van der Waals surface area contributed by atoms with E-state index < -0.39 is 0 Å². The maximum atomic E-state index is 5.73. The molecule has 0 saturated carbocycles. The van der Waals surface area contributed by atoms with Crippen molar-refractivity contribution in [2.75, 3.05) is 26.1 Å². The maximum absolute atomic E-state index is 5.73. The van der Waals surface area contributed by atoms with Gasteiger partial charge in [0, 0.05) is 12.5 Å². The first kappa shape index (κ1) is 9.21. The van der Waals surface area contributed by atoms with Crippen LogP contribution in [0.1, 0.15) is 18.0 Å². The Balaban J connectivity index is 2.23. The molecule has 0 aliphatic carbocycles. The Morgan fingerprint density at radius 1 is 1.57 bits per heavy atom. The molecule has 76 valence electrons. The number of aromatic nitrogens is 2. The van der Waals surface area contributed by atoms with Crippen molar-refractivity contribution in [1.82, 2.24) is 10.2 Å². The summed E-state index contributed by atoms with van der Waals surface area (Å²) in [5, 5.41) is 7.95. The quantitative estimate of drug-likeness (QED) is 0.747. The van der Waals surface area contributed by atoms with Gasteiger partial charge >= 0.3 is 0 Å². The number of ether oxygens (including phenoxy) is 2. The molecule has 0 amide bonds. The van der Waals surface area contributed by atoms with Gasteiger partial charge in [-0.25, -0.2) is 0 Å². The molecule has 0 radical (unpaired) electrons.